The van der Waals surface area contributed by atoms with Crippen LogP contribution in [0.25, 0.3) is 0 Å². The van der Waals surface area contributed by atoms with Crippen molar-refractivity contribution in [2.45, 2.75) is 39.0 Å². The Bertz CT molecular complexity index is 277. The second-order valence-electron chi connectivity index (χ2n) is 6.08. The Morgan fingerprint density at radius 2 is 2.05 bits per heavy atom. The fraction of sp³-hybridized carbons (Fsp3) is 0.933. The van der Waals surface area contributed by atoms with Crippen LogP contribution in [0.15, 0.2) is 0 Å². The van der Waals surface area contributed by atoms with Gasteiger partial charge in [0.2, 0.25) is 5.91 Å². The molecule has 0 saturated carbocycles. The van der Waals surface area contributed by atoms with Gasteiger partial charge in [0.25, 0.3) is 0 Å². The molecule has 1 amide bonds. The van der Waals surface area contributed by atoms with Gasteiger partial charge in [-0.15, -0.1) is 0 Å². The molecule has 4 heteroatoms. The number of nitrogens with zero attached hydrogens (tertiary/aromatic N) is 1. The number of rotatable bonds is 6. The van der Waals surface area contributed by atoms with E-state index in [4.69, 9.17) is 0 Å². The number of carbonyl (C=O) groups excluding carboxylic acids is 1. The van der Waals surface area contributed by atoms with Gasteiger partial charge in [-0.2, -0.15) is 0 Å². The molecule has 0 aromatic carbocycles. The van der Waals surface area contributed by atoms with Crippen molar-refractivity contribution in [1.82, 2.24) is 15.5 Å². The zero-order valence-corrected chi connectivity index (χ0v) is 12.3. The summed E-state index contributed by atoms with van der Waals surface area (Å²) in [5, 5.41) is 6.50. The summed E-state index contributed by atoms with van der Waals surface area (Å²) in [4.78, 5) is 14.3. The van der Waals surface area contributed by atoms with Gasteiger partial charge in [-0.3, -0.25) is 4.79 Å². The van der Waals surface area contributed by atoms with E-state index in [0.29, 0.717) is 5.92 Å². The van der Waals surface area contributed by atoms with Gasteiger partial charge in [0.15, 0.2) is 0 Å². The van der Waals surface area contributed by atoms with E-state index < -0.39 is 0 Å². The van der Waals surface area contributed by atoms with Gasteiger partial charge in [0.1, 0.15) is 0 Å². The predicted octanol–water partition coefficient (Wildman–Crippen LogP) is 1.22. The van der Waals surface area contributed by atoms with Crippen LogP contribution in [-0.4, -0.2) is 50.1 Å². The average Bonchev–Trinajstić information content (AvgIpc) is 2.92. The molecule has 19 heavy (non-hydrogen) atoms. The molecule has 2 aliphatic heterocycles. The first-order valence-corrected chi connectivity index (χ1v) is 7.97. The maximum absolute atomic E-state index is 11.9. The summed E-state index contributed by atoms with van der Waals surface area (Å²) in [7, 11) is 0. The van der Waals surface area contributed by atoms with Crippen molar-refractivity contribution >= 4 is 5.91 Å². The van der Waals surface area contributed by atoms with Gasteiger partial charge in [-0.05, 0) is 63.7 Å². The van der Waals surface area contributed by atoms with Crippen molar-refractivity contribution in [2.24, 2.45) is 11.8 Å². The Morgan fingerprint density at radius 3 is 2.74 bits per heavy atom. The van der Waals surface area contributed by atoms with Crippen LogP contribution in [0.5, 0.6) is 0 Å². The minimum absolute atomic E-state index is 0.258. The molecule has 2 heterocycles. The molecule has 0 spiro atoms. The number of hydrogen-bond donors (Lipinski definition) is 2. The van der Waals surface area contributed by atoms with Crippen LogP contribution in [0.1, 0.15) is 39.0 Å². The lowest BCUT2D eigenvalue weighted by Gasteiger charge is -2.22. The van der Waals surface area contributed by atoms with Gasteiger partial charge < -0.3 is 15.5 Å². The molecule has 2 aliphatic rings. The van der Waals surface area contributed by atoms with Gasteiger partial charge in [0.05, 0.1) is 0 Å². The van der Waals surface area contributed by atoms with E-state index in [-0.39, 0.29) is 5.91 Å². The number of carbonyl (C=O) groups is 1. The summed E-state index contributed by atoms with van der Waals surface area (Å²) in [6.45, 7) is 8.83. The monoisotopic (exact) mass is 267 g/mol. The topological polar surface area (TPSA) is 44.4 Å². The van der Waals surface area contributed by atoms with E-state index in [1.165, 1.54) is 25.8 Å². The number of piperidine rings is 1. The van der Waals surface area contributed by atoms with E-state index in [2.05, 4.69) is 22.5 Å². The van der Waals surface area contributed by atoms with E-state index >= 15 is 0 Å². The van der Waals surface area contributed by atoms with E-state index in [1.807, 2.05) is 0 Å². The molecule has 0 aliphatic carbocycles. The molecule has 0 aromatic heterocycles. The highest BCUT2D eigenvalue weighted by molar-refractivity contribution is 5.75. The fourth-order valence-corrected chi connectivity index (χ4v) is 3.22. The summed E-state index contributed by atoms with van der Waals surface area (Å²) in [5.41, 5.74) is 0. The van der Waals surface area contributed by atoms with Crippen LogP contribution >= 0.6 is 0 Å². The highest BCUT2D eigenvalue weighted by Gasteiger charge is 2.21. The first-order chi connectivity index (χ1) is 9.28. The van der Waals surface area contributed by atoms with E-state index in [1.54, 1.807) is 0 Å². The molecule has 0 bridgehead atoms. The van der Waals surface area contributed by atoms with Crippen molar-refractivity contribution in [1.29, 1.82) is 0 Å². The number of likely N-dealkylation sites (tertiary alicyclic amines) is 1. The zero-order chi connectivity index (χ0) is 13.5. The van der Waals surface area contributed by atoms with Gasteiger partial charge in [-0.1, -0.05) is 6.92 Å². The molecule has 2 rings (SSSR count). The third kappa shape index (κ3) is 5.11. The van der Waals surface area contributed by atoms with Gasteiger partial charge in [0, 0.05) is 19.5 Å². The van der Waals surface area contributed by atoms with Crippen LogP contribution < -0.4 is 10.6 Å². The zero-order valence-electron chi connectivity index (χ0n) is 12.3. The fourth-order valence-electron chi connectivity index (χ4n) is 3.22. The molecule has 1 atom stereocenters. The third-order valence-corrected chi connectivity index (χ3v) is 4.64. The molecule has 1 unspecified atom stereocenters. The first-order valence-electron chi connectivity index (χ1n) is 7.97. The van der Waals surface area contributed by atoms with Crippen LogP contribution in [0.4, 0.5) is 0 Å². The molecule has 0 aromatic rings. The number of nitrogens with one attached hydrogen (secondary N) is 2. The summed E-state index contributed by atoms with van der Waals surface area (Å²) < 4.78 is 0. The van der Waals surface area contributed by atoms with Gasteiger partial charge in [-0.25, -0.2) is 0 Å². The Balaban J connectivity index is 1.54. The minimum Gasteiger partial charge on any atom is -0.356 e. The second-order valence-corrected chi connectivity index (χ2v) is 6.08. The maximum atomic E-state index is 11.9. The highest BCUT2D eigenvalue weighted by Crippen LogP contribution is 2.18. The minimum atomic E-state index is 0.258. The number of amides is 1. The Morgan fingerprint density at radius 1 is 1.26 bits per heavy atom. The van der Waals surface area contributed by atoms with Crippen molar-refractivity contribution in [3.8, 4) is 0 Å². The number of hydrogen-bond acceptors (Lipinski definition) is 3. The quantitative estimate of drug-likeness (QED) is 0.761. The molecular weight excluding hydrogens is 238 g/mol. The van der Waals surface area contributed by atoms with Crippen molar-refractivity contribution in [3.05, 3.63) is 0 Å². The molecule has 2 fully saturated rings. The molecule has 2 N–H and O–H groups in total. The molecular formula is C15H29N3O. The van der Waals surface area contributed by atoms with E-state index in [0.717, 1.165) is 51.5 Å². The molecule has 2 saturated heterocycles. The largest absolute Gasteiger partial charge is 0.356 e. The summed E-state index contributed by atoms with van der Waals surface area (Å²) in [5.74, 6) is 1.69. The van der Waals surface area contributed by atoms with Crippen LogP contribution in [0, 0.1) is 11.8 Å². The van der Waals surface area contributed by atoms with Crippen LogP contribution in [0.3, 0.4) is 0 Å². The Labute approximate surface area is 117 Å². The third-order valence-electron chi connectivity index (χ3n) is 4.64. The lowest BCUT2D eigenvalue weighted by atomic mass is 9.93. The lowest BCUT2D eigenvalue weighted by molar-refractivity contribution is -0.121. The van der Waals surface area contributed by atoms with Crippen LogP contribution in [-0.2, 0) is 4.79 Å². The Hall–Kier alpha value is -0.610. The van der Waals surface area contributed by atoms with Crippen molar-refractivity contribution < 1.29 is 4.79 Å². The van der Waals surface area contributed by atoms with E-state index in [9.17, 15) is 4.79 Å². The highest BCUT2D eigenvalue weighted by atomic mass is 16.1. The van der Waals surface area contributed by atoms with Gasteiger partial charge >= 0.3 is 0 Å². The SMILES string of the molecule is CCN1CCC(CNC(=O)CCC2CCNCC2)C1. The smallest absolute Gasteiger partial charge is 0.220 e. The normalized spacial score (nSPS) is 25.6. The summed E-state index contributed by atoms with van der Waals surface area (Å²) >= 11 is 0. The molecule has 110 valence electrons. The maximum Gasteiger partial charge on any atom is 0.220 e. The average molecular weight is 267 g/mol. The summed E-state index contributed by atoms with van der Waals surface area (Å²) in [6, 6.07) is 0. The predicted molar refractivity (Wildman–Crippen MR) is 78.1 cm³/mol. The first kappa shape index (κ1) is 14.8. The summed E-state index contributed by atoms with van der Waals surface area (Å²) in [6.07, 6.45) is 5.50. The van der Waals surface area contributed by atoms with Crippen LogP contribution in [0.2, 0.25) is 0 Å². The van der Waals surface area contributed by atoms with Crippen molar-refractivity contribution in [3.63, 3.8) is 0 Å². The molecule has 0 radical (unpaired) electrons. The van der Waals surface area contributed by atoms with Crippen molar-refractivity contribution in [2.75, 3.05) is 39.3 Å². The molecule has 4 nitrogen and oxygen atoms in total. The Kier molecular flexibility index (Phi) is 6.11. The lowest BCUT2D eigenvalue weighted by Crippen LogP contribution is -2.32. The standard InChI is InChI=1S/C15H29N3O/c1-2-18-10-7-14(12-18)11-17-15(19)4-3-13-5-8-16-9-6-13/h13-14,16H,2-12H2,1H3,(H,17,19). The second kappa shape index (κ2) is 7.85.